The number of hydrogen-bond acceptors (Lipinski definition) is 2. The summed E-state index contributed by atoms with van der Waals surface area (Å²) in [5.74, 6) is 0.400. The van der Waals surface area contributed by atoms with E-state index < -0.39 is 0 Å². The minimum atomic E-state index is 0.0377. The number of hydrogen-bond donors (Lipinski definition) is 3. The van der Waals surface area contributed by atoms with Crippen LogP contribution in [-0.2, 0) is 4.79 Å². The lowest BCUT2D eigenvalue weighted by atomic mass is 10.2. The highest BCUT2D eigenvalue weighted by Gasteiger charge is 2.04. The van der Waals surface area contributed by atoms with E-state index in [1.54, 1.807) is 7.05 Å². The van der Waals surface area contributed by atoms with Crippen LogP contribution in [0.2, 0.25) is 0 Å². The van der Waals surface area contributed by atoms with Gasteiger partial charge in [-0.25, -0.2) is 0 Å². The maximum absolute atomic E-state index is 11.3. The number of rotatable bonds is 5. The van der Waals surface area contributed by atoms with Crippen LogP contribution in [0.5, 0.6) is 0 Å². The van der Waals surface area contributed by atoms with Crippen molar-refractivity contribution in [1.29, 1.82) is 0 Å². The van der Waals surface area contributed by atoms with Crippen molar-refractivity contribution in [3.8, 4) is 0 Å². The molecule has 82 valence electrons. The molecule has 4 N–H and O–H groups in total. The van der Waals surface area contributed by atoms with Crippen LogP contribution in [0.1, 0.15) is 26.7 Å². The normalized spacial score (nSPS) is 13.5. The van der Waals surface area contributed by atoms with Gasteiger partial charge in [0, 0.05) is 26.1 Å². The first-order valence-electron chi connectivity index (χ1n) is 4.85. The summed E-state index contributed by atoms with van der Waals surface area (Å²) in [6.07, 6.45) is 1.36. The number of guanidine groups is 1. The Morgan fingerprint density at radius 3 is 2.71 bits per heavy atom. The molecule has 0 rings (SSSR count). The molecule has 0 spiro atoms. The van der Waals surface area contributed by atoms with Crippen LogP contribution in [0.15, 0.2) is 4.99 Å². The molecule has 0 saturated carbocycles. The standard InChI is InChI=1S/C9H20N4O/c1-4-7(2)13-8(14)5-6-12-9(10)11-3/h7H,4-6H2,1-3H3,(H,13,14)(H3,10,11,12). The maximum atomic E-state index is 11.3. The topological polar surface area (TPSA) is 79.5 Å². The van der Waals surface area contributed by atoms with Crippen LogP contribution in [0.25, 0.3) is 0 Å². The molecule has 0 aromatic heterocycles. The van der Waals surface area contributed by atoms with Gasteiger partial charge in [-0.3, -0.25) is 9.79 Å². The highest BCUT2D eigenvalue weighted by atomic mass is 16.1. The molecule has 0 heterocycles. The molecule has 1 amide bonds. The van der Waals surface area contributed by atoms with Crippen LogP contribution in [0.3, 0.4) is 0 Å². The summed E-state index contributed by atoms with van der Waals surface area (Å²) >= 11 is 0. The third-order valence-corrected chi connectivity index (χ3v) is 1.92. The van der Waals surface area contributed by atoms with Crippen molar-refractivity contribution in [3.63, 3.8) is 0 Å². The molecule has 1 unspecified atom stereocenters. The van der Waals surface area contributed by atoms with Gasteiger partial charge < -0.3 is 16.4 Å². The van der Waals surface area contributed by atoms with E-state index in [1.807, 2.05) is 13.8 Å². The molecule has 0 fully saturated rings. The molecule has 0 bridgehead atoms. The Bertz CT molecular complexity index is 203. The van der Waals surface area contributed by atoms with Gasteiger partial charge in [0.05, 0.1) is 0 Å². The number of nitrogens with zero attached hydrogens (tertiary/aromatic N) is 1. The summed E-state index contributed by atoms with van der Waals surface area (Å²) in [7, 11) is 1.60. The van der Waals surface area contributed by atoms with Gasteiger partial charge in [-0.05, 0) is 13.3 Å². The van der Waals surface area contributed by atoms with Crippen molar-refractivity contribution in [2.75, 3.05) is 13.6 Å². The fourth-order valence-electron chi connectivity index (χ4n) is 0.832. The summed E-state index contributed by atoms with van der Waals surface area (Å²) in [4.78, 5) is 15.0. The van der Waals surface area contributed by atoms with Crippen molar-refractivity contribution >= 4 is 11.9 Å². The lowest BCUT2D eigenvalue weighted by molar-refractivity contribution is -0.121. The van der Waals surface area contributed by atoms with Crippen LogP contribution in [0.4, 0.5) is 0 Å². The number of amides is 1. The Morgan fingerprint density at radius 1 is 1.57 bits per heavy atom. The Labute approximate surface area is 85.2 Å². The van der Waals surface area contributed by atoms with Crippen molar-refractivity contribution in [1.82, 2.24) is 10.6 Å². The zero-order valence-electron chi connectivity index (χ0n) is 9.13. The molecule has 5 heteroatoms. The molecule has 0 aromatic carbocycles. The third-order valence-electron chi connectivity index (χ3n) is 1.92. The van der Waals surface area contributed by atoms with Crippen LogP contribution >= 0.6 is 0 Å². The first-order valence-corrected chi connectivity index (χ1v) is 4.85. The second-order valence-corrected chi connectivity index (χ2v) is 3.16. The van der Waals surface area contributed by atoms with Crippen LogP contribution < -0.4 is 16.4 Å². The van der Waals surface area contributed by atoms with Crippen LogP contribution in [0, 0.1) is 0 Å². The van der Waals surface area contributed by atoms with Gasteiger partial charge in [-0.1, -0.05) is 6.92 Å². The Hall–Kier alpha value is -1.26. The fourth-order valence-corrected chi connectivity index (χ4v) is 0.832. The lowest BCUT2D eigenvalue weighted by Gasteiger charge is -2.11. The first-order chi connectivity index (χ1) is 6.60. The quantitative estimate of drug-likeness (QED) is 0.425. The van der Waals surface area contributed by atoms with Gasteiger partial charge >= 0.3 is 0 Å². The van der Waals surface area contributed by atoms with Gasteiger partial charge in [0.2, 0.25) is 5.91 Å². The molecule has 14 heavy (non-hydrogen) atoms. The number of carbonyl (C=O) groups excluding carboxylic acids is 1. The van der Waals surface area contributed by atoms with E-state index in [-0.39, 0.29) is 11.9 Å². The van der Waals surface area contributed by atoms with Gasteiger partial charge in [0.1, 0.15) is 0 Å². The monoisotopic (exact) mass is 200 g/mol. The van der Waals surface area contributed by atoms with E-state index in [9.17, 15) is 4.79 Å². The lowest BCUT2D eigenvalue weighted by Crippen LogP contribution is -2.37. The van der Waals surface area contributed by atoms with E-state index in [1.165, 1.54) is 0 Å². The molecule has 0 aliphatic carbocycles. The maximum Gasteiger partial charge on any atom is 0.221 e. The molecule has 0 saturated heterocycles. The highest BCUT2D eigenvalue weighted by Crippen LogP contribution is 1.88. The number of aliphatic imine (C=N–C) groups is 1. The van der Waals surface area contributed by atoms with Crippen LogP contribution in [-0.4, -0.2) is 31.5 Å². The smallest absolute Gasteiger partial charge is 0.221 e. The second-order valence-electron chi connectivity index (χ2n) is 3.16. The number of nitrogens with two attached hydrogens (primary N) is 1. The summed E-state index contributed by atoms with van der Waals surface area (Å²) in [6, 6.07) is 0.236. The molecule has 0 aliphatic rings. The molecule has 1 atom stereocenters. The third kappa shape index (κ3) is 6.28. The predicted molar refractivity (Wildman–Crippen MR) is 58.1 cm³/mol. The SMILES string of the molecule is CCC(C)NC(=O)CCNC(N)=NC. The summed E-state index contributed by atoms with van der Waals surface area (Å²) in [5.41, 5.74) is 5.39. The Balaban J connectivity index is 3.54. The molecular formula is C9H20N4O. The van der Waals surface area contributed by atoms with Gasteiger partial charge in [0.25, 0.3) is 0 Å². The molecular weight excluding hydrogens is 180 g/mol. The van der Waals surface area contributed by atoms with E-state index in [2.05, 4.69) is 15.6 Å². The molecule has 5 nitrogen and oxygen atoms in total. The van der Waals surface area contributed by atoms with E-state index in [0.717, 1.165) is 6.42 Å². The fraction of sp³-hybridized carbons (Fsp3) is 0.778. The van der Waals surface area contributed by atoms with Gasteiger partial charge in [-0.2, -0.15) is 0 Å². The summed E-state index contributed by atoms with van der Waals surface area (Å²) in [5, 5.41) is 5.68. The largest absolute Gasteiger partial charge is 0.370 e. The highest BCUT2D eigenvalue weighted by molar-refractivity contribution is 5.79. The summed E-state index contributed by atoms with van der Waals surface area (Å²) < 4.78 is 0. The zero-order valence-corrected chi connectivity index (χ0v) is 9.13. The van der Waals surface area contributed by atoms with Crippen molar-refractivity contribution in [2.45, 2.75) is 32.7 Å². The zero-order chi connectivity index (χ0) is 11.0. The Kier molecular flexibility index (Phi) is 6.53. The van der Waals surface area contributed by atoms with E-state index in [4.69, 9.17) is 5.73 Å². The first kappa shape index (κ1) is 12.7. The second kappa shape index (κ2) is 7.17. The average molecular weight is 200 g/mol. The summed E-state index contributed by atoms with van der Waals surface area (Å²) in [6.45, 7) is 4.53. The minimum Gasteiger partial charge on any atom is -0.370 e. The average Bonchev–Trinajstić information content (AvgIpc) is 2.17. The van der Waals surface area contributed by atoms with Gasteiger partial charge in [-0.15, -0.1) is 0 Å². The number of nitrogens with one attached hydrogen (secondary N) is 2. The minimum absolute atomic E-state index is 0.0377. The van der Waals surface area contributed by atoms with Gasteiger partial charge in [0.15, 0.2) is 5.96 Å². The molecule has 0 aromatic rings. The van der Waals surface area contributed by atoms with E-state index in [0.29, 0.717) is 18.9 Å². The number of carbonyl (C=O) groups is 1. The van der Waals surface area contributed by atoms with Crippen molar-refractivity contribution in [3.05, 3.63) is 0 Å². The molecule has 0 aliphatic heterocycles. The van der Waals surface area contributed by atoms with Crippen molar-refractivity contribution < 1.29 is 4.79 Å². The van der Waals surface area contributed by atoms with Crippen molar-refractivity contribution in [2.24, 2.45) is 10.7 Å². The molecule has 0 radical (unpaired) electrons. The van der Waals surface area contributed by atoms with E-state index >= 15 is 0 Å². The Morgan fingerprint density at radius 2 is 2.21 bits per heavy atom. The predicted octanol–water partition coefficient (Wildman–Crippen LogP) is -0.175.